The van der Waals surface area contributed by atoms with Gasteiger partial charge in [-0.15, -0.1) is 0 Å². The van der Waals surface area contributed by atoms with Crippen molar-refractivity contribution in [3.8, 4) is 0 Å². The van der Waals surface area contributed by atoms with Crippen LogP contribution in [0.1, 0.15) is 6.92 Å². The molecule has 0 aromatic carbocycles. The Hall–Kier alpha value is -0.220. The highest BCUT2D eigenvalue weighted by molar-refractivity contribution is 6.42. The fourth-order valence-corrected chi connectivity index (χ4v) is 1.80. The first-order valence-corrected chi connectivity index (χ1v) is 5.60. The molecule has 1 aromatic heterocycles. The number of likely N-dealkylation sites (N-methyl/N-ethyl adjacent to an activating group) is 1. The molecule has 0 aliphatic rings. The van der Waals surface area contributed by atoms with E-state index in [4.69, 9.17) is 39.9 Å². The molecule has 1 heterocycles. The third-order valence-electron chi connectivity index (χ3n) is 1.92. The minimum absolute atomic E-state index is 0.0338. The van der Waals surface area contributed by atoms with Gasteiger partial charge in [0.15, 0.2) is 0 Å². The Bertz CT molecular complexity index is 346. The number of aliphatic hydroxyl groups excluding tert-OH is 1. The van der Waals surface area contributed by atoms with E-state index in [0.29, 0.717) is 29.0 Å². The fraction of sp³-hybridized carbons (Fsp3) is 0.444. The highest BCUT2D eigenvalue weighted by Crippen LogP contribution is 2.30. The summed E-state index contributed by atoms with van der Waals surface area (Å²) in [4.78, 5) is 5.90. The Morgan fingerprint density at radius 1 is 1.33 bits per heavy atom. The number of hydrogen-bond donors (Lipinski definition) is 1. The van der Waals surface area contributed by atoms with Crippen molar-refractivity contribution in [1.29, 1.82) is 0 Å². The summed E-state index contributed by atoms with van der Waals surface area (Å²) < 4.78 is 0. The minimum atomic E-state index is 0.0338. The molecule has 6 heteroatoms. The molecule has 15 heavy (non-hydrogen) atoms. The summed E-state index contributed by atoms with van der Waals surface area (Å²) in [6.45, 7) is 3.12. The first-order chi connectivity index (χ1) is 7.10. The third kappa shape index (κ3) is 3.11. The molecular weight excluding hydrogens is 258 g/mol. The molecule has 3 nitrogen and oxygen atoms in total. The minimum Gasteiger partial charge on any atom is -0.395 e. The Kier molecular flexibility index (Phi) is 4.93. The van der Waals surface area contributed by atoms with Crippen molar-refractivity contribution in [3.05, 3.63) is 21.3 Å². The van der Waals surface area contributed by atoms with Crippen molar-refractivity contribution in [2.45, 2.75) is 6.92 Å². The molecule has 0 atom stereocenters. The SMILES string of the molecule is CCN(CCO)c1nc(Cl)c(Cl)cc1Cl. The first-order valence-electron chi connectivity index (χ1n) is 4.47. The van der Waals surface area contributed by atoms with Crippen molar-refractivity contribution in [2.24, 2.45) is 0 Å². The number of rotatable bonds is 4. The second-order valence-electron chi connectivity index (χ2n) is 2.87. The Morgan fingerprint density at radius 2 is 2.00 bits per heavy atom. The molecule has 0 radical (unpaired) electrons. The predicted octanol–water partition coefficient (Wildman–Crippen LogP) is 2.86. The largest absolute Gasteiger partial charge is 0.395 e. The van der Waals surface area contributed by atoms with Crippen molar-refractivity contribution < 1.29 is 5.11 Å². The van der Waals surface area contributed by atoms with Crippen LogP contribution in [0.15, 0.2) is 6.07 Å². The van der Waals surface area contributed by atoms with Crippen LogP contribution in [0, 0.1) is 0 Å². The average molecular weight is 270 g/mol. The zero-order chi connectivity index (χ0) is 11.4. The van der Waals surface area contributed by atoms with Gasteiger partial charge in [0.25, 0.3) is 0 Å². The molecule has 0 saturated carbocycles. The van der Waals surface area contributed by atoms with Crippen LogP contribution in [-0.4, -0.2) is 29.8 Å². The summed E-state index contributed by atoms with van der Waals surface area (Å²) >= 11 is 17.5. The second kappa shape index (κ2) is 5.75. The van der Waals surface area contributed by atoms with Gasteiger partial charge < -0.3 is 10.0 Å². The monoisotopic (exact) mass is 268 g/mol. The lowest BCUT2D eigenvalue weighted by Crippen LogP contribution is -2.27. The highest BCUT2D eigenvalue weighted by Gasteiger charge is 2.13. The van der Waals surface area contributed by atoms with Crippen LogP contribution in [0.4, 0.5) is 5.82 Å². The maximum atomic E-state index is 8.87. The summed E-state index contributed by atoms with van der Waals surface area (Å²) in [7, 11) is 0. The zero-order valence-electron chi connectivity index (χ0n) is 8.17. The van der Waals surface area contributed by atoms with Crippen LogP contribution >= 0.6 is 34.8 Å². The highest BCUT2D eigenvalue weighted by atomic mass is 35.5. The van der Waals surface area contributed by atoms with E-state index in [1.807, 2.05) is 11.8 Å². The third-order valence-corrected chi connectivity index (χ3v) is 2.87. The molecule has 0 aliphatic carbocycles. The van der Waals surface area contributed by atoms with Gasteiger partial charge in [0.1, 0.15) is 11.0 Å². The van der Waals surface area contributed by atoms with Crippen LogP contribution in [0.2, 0.25) is 15.2 Å². The molecule has 0 unspecified atom stereocenters. The summed E-state index contributed by atoms with van der Waals surface area (Å²) in [6.07, 6.45) is 0. The molecule has 0 saturated heterocycles. The molecule has 0 aliphatic heterocycles. The molecule has 84 valence electrons. The summed E-state index contributed by atoms with van der Waals surface area (Å²) in [5, 5.41) is 9.84. The van der Waals surface area contributed by atoms with E-state index in [1.165, 1.54) is 0 Å². The van der Waals surface area contributed by atoms with E-state index in [0.717, 1.165) is 0 Å². The van der Waals surface area contributed by atoms with Crippen molar-refractivity contribution >= 4 is 40.6 Å². The van der Waals surface area contributed by atoms with Gasteiger partial charge in [-0.25, -0.2) is 4.98 Å². The number of pyridine rings is 1. The van der Waals surface area contributed by atoms with Gasteiger partial charge >= 0.3 is 0 Å². The number of aromatic nitrogens is 1. The van der Waals surface area contributed by atoms with Crippen molar-refractivity contribution in [2.75, 3.05) is 24.6 Å². The van der Waals surface area contributed by atoms with Gasteiger partial charge in [-0.1, -0.05) is 34.8 Å². The molecule has 1 rings (SSSR count). The molecule has 0 fully saturated rings. The molecule has 1 aromatic rings. The summed E-state index contributed by atoms with van der Waals surface area (Å²) in [5.41, 5.74) is 0. The number of hydrogen-bond acceptors (Lipinski definition) is 3. The molecule has 1 N–H and O–H groups in total. The zero-order valence-corrected chi connectivity index (χ0v) is 10.4. The lowest BCUT2D eigenvalue weighted by molar-refractivity contribution is 0.302. The van der Waals surface area contributed by atoms with Gasteiger partial charge in [-0.3, -0.25) is 0 Å². The van der Waals surface area contributed by atoms with Gasteiger partial charge in [0.2, 0.25) is 0 Å². The van der Waals surface area contributed by atoms with Crippen molar-refractivity contribution in [1.82, 2.24) is 4.98 Å². The maximum Gasteiger partial charge on any atom is 0.150 e. The van der Waals surface area contributed by atoms with Crippen LogP contribution < -0.4 is 4.90 Å². The van der Waals surface area contributed by atoms with E-state index in [1.54, 1.807) is 6.07 Å². The first kappa shape index (κ1) is 12.8. The fourth-order valence-electron chi connectivity index (χ4n) is 1.19. The van der Waals surface area contributed by atoms with Crippen molar-refractivity contribution in [3.63, 3.8) is 0 Å². The van der Waals surface area contributed by atoms with Gasteiger partial charge in [-0.05, 0) is 13.0 Å². The Balaban J connectivity index is 3.06. The number of halogens is 3. The molecule has 0 spiro atoms. The van der Waals surface area contributed by atoms with E-state index in [-0.39, 0.29) is 11.8 Å². The number of nitrogens with zero attached hydrogens (tertiary/aromatic N) is 2. The molecule has 0 amide bonds. The Labute approximate surface area is 104 Å². The van der Waals surface area contributed by atoms with Crippen LogP contribution in [0.25, 0.3) is 0 Å². The molecular formula is C9H11Cl3N2O. The second-order valence-corrected chi connectivity index (χ2v) is 4.04. The van der Waals surface area contributed by atoms with E-state index in [2.05, 4.69) is 4.98 Å². The average Bonchev–Trinajstić information content (AvgIpc) is 2.20. The van der Waals surface area contributed by atoms with Crippen LogP contribution in [0.3, 0.4) is 0 Å². The quantitative estimate of drug-likeness (QED) is 0.854. The van der Waals surface area contributed by atoms with Gasteiger partial charge in [-0.2, -0.15) is 0 Å². The smallest absolute Gasteiger partial charge is 0.150 e. The van der Waals surface area contributed by atoms with Crippen LogP contribution in [-0.2, 0) is 0 Å². The van der Waals surface area contributed by atoms with Crippen LogP contribution in [0.5, 0.6) is 0 Å². The summed E-state index contributed by atoms with van der Waals surface area (Å²) in [5.74, 6) is 0.544. The van der Waals surface area contributed by atoms with Gasteiger partial charge in [0, 0.05) is 13.1 Å². The molecule has 0 bridgehead atoms. The topological polar surface area (TPSA) is 36.4 Å². The standard InChI is InChI=1S/C9H11Cl3N2O/c1-2-14(3-4-15)9-7(11)5-6(10)8(12)13-9/h5,15H,2-4H2,1H3. The lowest BCUT2D eigenvalue weighted by Gasteiger charge is -2.22. The maximum absolute atomic E-state index is 8.87. The predicted molar refractivity (Wildman–Crippen MR) is 64.2 cm³/mol. The normalized spacial score (nSPS) is 10.5. The Morgan fingerprint density at radius 3 is 2.53 bits per heavy atom. The number of aliphatic hydroxyl groups is 1. The lowest BCUT2D eigenvalue weighted by atomic mass is 10.4. The van der Waals surface area contributed by atoms with Gasteiger partial charge in [0.05, 0.1) is 16.7 Å². The van der Waals surface area contributed by atoms with E-state index < -0.39 is 0 Å². The van der Waals surface area contributed by atoms with E-state index >= 15 is 0 Å². The number of anilines is 1. The summed E-state index contributed by atoms with van der Waals surface area (Å²) in [6, 6.07) is 1.55. The van der Waals surface area contributed by atoms with E-state index in [9.17, 15) is 0 Å².